The van der Waals surface area contributed by atoms with Crippen LogP contribution in [0.1, 0.15) is 61.2 Å². The minimum atomic E-state index is -3.81. The number of carbonyl (C=O) groups is 1. The molecule has 0 radical (unpaired) electrons. The molecular formula is C30H34ClN4O3RuS. The molecular weight excluding hydrogens is 633 g/mol. The molecule has 0 spiro atoms. The summed E-state index contributed by atoms with van der Waals surface area (Å²) >= 11 is 1.82. The van der Waals surface area contributed by atoms with Gasteiger partial charge in [-0.25, -0.2) is 13.6 Å². The number of carbonyl (C=O) groups excluding carboxylic acids is 1. The summed E-state index contributed by atoms with van der Waals surface area (Å²) in [6.45, 7) is 13.3. The van der Waals surface area contributed by atoms with Gasteiger partial charge in [-0.15, -0.1) is 0 Å². The van der Waals surface area contributed by atoms with Crippen molar-refractivity contribution in [1.29, 1.82) is 0 Å². The first-order chi connectivity index (χ1) is 18.9. The normalized spacial score (nSPS) is 10.7. The molecule has 0 aliphatic heterocycles. The Morgan fingerprint density at radius 2 is 1.10 bits per heavy atom. The summed E-state index contributed by atoms with van der Waals surface area (Å²) in [5.74, 6) is -0.382. The van der Waals surface area contributed by atoms with Crippen molar-refractivity contribution in [2.75, 3.05) is 0 Å². The van der Waals surface area contributed by atoms with E-state index in [0.717, 1.165) is 0 Å². The van der Waals surface area contributed by atoms with Crippen LogP contribution in [-0.4, -0.2) is 24.3 Å². The fraction of sp³-hybridized carbons (Fsp3) is 0.233. The van der Waals surface area contributed by atoms with Gasteiger partial charge in [-0.3, -0.25) is 14.8 Å². The summed E-state index contributed by atoms with van der Waals surface area (Å²) in [7, 11) is 0.763. The van der Waals surface area contributed by atoms with Crippen molar-refractivity contribution in [3.8, 4) is 0 Å². The fourth-order valence-corrected chi connectivity index (χ4v) is 4.61. The number of hydrogen-bond acceptors (Lipinski definition) is 5. The van der Waals surface area contributed by atoms with Crippen LogP contribution in [0.2, 0.25) is 0 Å². The second kappa shape index (κ2) is 15.1. The van der Waals surface area contributed by atoms with Crippen LogP contribution in [0.4, 0.5) is 0 Å². The molecule has 0 aliphatic rings. The van der Waals surface area contributed by atoms with Crippen molar-refractivity contribution >= 4 is 25.6 Å². The minimum absolute atomic E-state index is 0.0555. The average molecular weight is 667 g/mol. The number of nitrogens with two attached hydrogens (primary N) is 1. The van der Waals surface area contributed by atoms with E-state index in [-0.39, 0.29) is 10.8 Å². The predicted octanol–water partition coefficient (Wildman–Crippen LogP) is 5.87. The Morgan fingerprint density at radius 3 is 1.40 bits per heavy atom. The number of rotatable bonds is 5. The molecule has 10 heteroatoms. The third kappa shape index (κ3) is 8.51. The maximum absolute atomic E-state index is 12.6. The van der Waals surface area contributed by atoms with Gasteiger partial charge in [0.2, 0.25) is 10.0 Å². The van der Waals surface area contributed by atoms with Gasteiger partial charge in [0.15, 0.2) is 0 Å². The fourth-order valence-electron chi connectivity index (χ4n) is 4.09. The molecule has 0 bridgehead atoms. The van der Waals surface area contributed by atoms with E-state index in [1.54, 1.807) is 36.7 Å². The molecule has 40 heavy (non-hydrogen) atoms. The molecule has 0 unspecified atom stereocenters. The Morgan fingerprint density at radius 1 is 0.725 bits per heavy atom. The third-order valence-electron chi connectivity index (χ3n) is 7.06. The molecule has 2 aromatic carbocycles. The van der Waals surface area contributed by atoms with E-state index >= 15 is 0 Å². The number of nitrogens with zero attached hydrogens (tertiary/aromatic N) is 2. The number of pyridine rings is 2. The number of hydrogen-bond donors (Lipinski definition) is 2. The number of aromatic nitrogens is 2. The molecule has 4 rings (SSSR count). The van der Waals surface area contributed by atoms with Crippen molar-refractivity contribution in [3.63, 3.8) is 0 Å². The van der Waals surface area contributed by atoms with E-state index in [4.69, 9.17) is 5.14 Å². The molecule has 7 nitrogen and oxygen atoms in total. The third-order valence-corrected chi connectivity index (χ3v) is 7.99. The van der Waals surface area contributed by atoms with E-state index < -0.39 is 16.1 Å². The second-order valence-corrected chi connectivity index (χ2v) is 10.8. The van der Waals surface area contributed by atoms with E-state index in [9.17, 15) is 13.2 Å². The number of sulfonamides is 1. The summed E-state index contributed by atoms with van der Waals surface area (Å²) in [5.41, 5.74) is 10.3. The van der Waals surface area contributed by atoms with Crippen molar-refractivity contribution in [3.05, 3.63) is 123 Å². The van der Waals surface area contributed by atoms with E-state index in [1.165, 1.54) is 57.6 Å². The molecule has 0 saturated heterocycles. The summed E-state index contributed by atoms with van der Waals surface area (Å²) in [6.07, 6.45) is 3.27. The summed E-state index contributed by atoms with van der Waals surface area (Å²) in [4.78, 5) is 21.2. The second-order valence-electron chi connectivity index (χ2n) is 9.24. The predicted molar refractivity (Wildman–Crippen MR) is 156 cm³/mol. The summed E-state index contributed by atoms with van der Waals surface area (Å²) < 4.78 is 22.6. The van der Waals surface area contributed by atoms with Gasteiger partial charge in [-0.2, -0.15) is 0 Å². The van der Waals surface area contributed by atoms with E-state index in [1.807, 2.05) is 29.4 Å². The monoisotopic (exact) mass is 667 g/mol. The molecule has 3 N–H and O–H groups in total. The van der Waals surface area contributed by atoms with Crippen LogP contribution < -0.4 is 10.5 Å². The zero-order chi connectivity index (χ0) is 30.0. The number of amides is 1. The number of primary sulfonamides is 1. The maximum atomic E-state index is 12.6. The van der Waals surface area contributed by atoms with Crippen LogP contribution in [-0.2, 0) is 27.3 Å². The van der Waals surface area contributed by atoms with Gasteiger partial charge in [0.1, 0.15) is 6.04 Å². The molecule has 2 aromatic heterocycles. The molecule has 0 saturated carbocycles. The topological polar surface area (TPSA) is 115 Å². The number of benzene rings is 2. The number of halogens is 1. The Hall–Kier alpha value is -2.97. The first kappa shape index (κ1) is 33.2. The van der Waals surface area contributed by atoms with Crippen LogP contribution in [0.5, 0.6) is 0 Å². The van der Waals surface area contributed by atoms with Gasteiger partial charge in [-0.05, 0) is 123 Å². The summed E-state index contributed by atoms with van der Waals surface area (Å²) in [5, 5.41) is 7.95. The Bertz CT molecular complexity index is 1390. The SMILES string of the molecule is Cc1c(C)c(C)c(C)c(C)c1C.NS(=O)(=O)c1ccc(C(=O)NC(c2ccccn2)c2ccccn2)cc1.[Cl][Ru]. The Balaban J connectivity index is 0.000000336. The average Bonchev–Trinajstić information content (AvgIpc) is 2.98. The van der Waals surface area contributed by atoms with Gasteiger partial charge < -0.3 is 5.32 Å². The molecule has 1 amide bonds. The molecule has 0 fully saturated rings. The van der Waals surface area contributed by atoms with Crippen molar-refractivity contribution in [1.82, 2.24) is 15.3 Å². The van der Waals surface area contributed by atoms with Crippen LogP contribution in [0.25, 0.3) is 0 Å². The van der Waals surface area contributed by atoms with Crippen molar-refractivity contribution in [2.24, 2.45) is 5.14 Å². The molecule has 0 aliphatic carbocycles. The van der Waals surface area contributed by atoms with E-state index in [0.29, 0.717) is 17.0 Å². The van der Waals surface area contributed by atoms with Gasteiger partial charge in [-0.1, -0.05) is 12.1 Å². The zero-order valence-corrected chi connectivity index (χ0v) is 26.7. The summed E-state index contributed by atoms with van der Waals surface area (Å²) in [6, 6.07) is 15.7. The first-order valence-electron chi connectivity index (χ1n) is 12.3. The van der Waals surface area contributed by atoms with Gasteiger partial charge in [0.25, 0.3) is 5.91 Å². The van der Waals surface area contributed by atoms with Gasteiger partial charge in [0.05, 0.1) is 16.3 Å². The van der Waals surface area contributed by atoms with E-state index in [2.05, 4.69) is 66.5 Å². The molecule has 213 valence electrons. The molecule has 4 aromatic rings. The zero-order valence-electron chi connectivity index (χ0n) is 23.3. The van der Waals surface area contributed by atoms with Crippen LogP contribution in [0.15, 0.2) is 78.0 Å². The van der Waals surface area contributed by atoms with Crippen LogP contribution in [0, 0.1) is 41.5 Å². The Labute approximate surface area is 251 Å². The van der Waals surface area contributed by atoms with Crippen molar-refractivity contribution < 1.29 is 30.5 Å². The van der Waals surface area contributed by atoms with Crippen LogP contribution >= 0.6 is 9.69 Å². The van der Waals surface area contributed by atoms with Crippen molar-refractivity contribution in [2.45, 2.75) is 52.5 Å². The van der Waals surface area contributed by atoms with Gasteiger partial charge in [0, 0.05) is 18.0 Å². The molecule has 2 heterocycles. The van der Waals surface area contributed by atoms with Gasteiger partial charge >= 0.3 is 27.0 Å². The number of nitrogens with one attached hydrogen (secondary N) is 1. The molecule has 0 atom stereocenters. The quantitative estimate of drug-likeness (QED) is 0.259. The Kier molecular flexibility index (Phi) is 12.6. The first-order valence-corrected chi connectivity index (χ1v) is 16.1. The standard InChI is InChI=1S/C18H16N4O3S.C12H18.ClH.Ru/c19-26(24,25)14-9-7-13(8-10-14)18(23)22-17(15-5-1-3-11-20-15)16-6-2-4-12-21-16;1-7-8(2)10(4)12(6)11(5)9(7)3;;/h1-12,17H,(H,22,23)(H2,19,24,25);1-6H3;1H;/q;;;+1/p-1. The van der Waals surface area contributed by atoms with Crippen LogP contribution in [0.3, 0.4) is 0 Å².